The number of rotatable bonds is 30. The summed E-state index contributed by atoms with van der Waals surface area (Å²) in [5, 5.41) is 0.923. The minimum atomic E-state index is -0.186. The first-order valence-electron chi connectivity index (χ1n) is 23.4. The van der Waals surface area contributed by atoms with Crippen LogP contribution in [0.5, 0.6) is 0 Å². The third-order valence-electron chi connectivity index (χ3n) is 13.4. The largest absolute Gasteiger partial charge is 0.300 e. The molecule has 0 amide bonds. The van der Waals surface area contributed by atoms with E-state index >= 15 is 0 Å². The molecule has 2 nitrogen and oxygen atoms in total. The van der Waals surface area contributed by atoms with Crippen LogP contribution in [0.25, 0.3) is 0 Å². The molecule has 4 heteroatoms. The molecule has 0 radical (unpaired) electrons. The normalized spacial score (nSPS) is 21.5. The van der Waals surface area contributed by atoms with E-state index in [2.05, 4.69) is 74.1 Å². The van der Waals surface area contributed by atoms with Gasteiger partial charge < -0.3 is 0 Å². The van der Waals surface area contributed by atoms with E-state index in [-0.39, 0.29) is 10.8 Å². The van der Waals surface area contributed by atoms with Crippen molar-refractivity contribution in [3.05, 3.63) is 22.3 Å². The van der Waals surface area contributed by atoms with Gasteiger partial charge >= 0.3 is 0 Å². The van der Waals surface area contributed by atoms with Crippen molar-refractivity contribution in [2.75, 3.05) is 11.5 Å². The van der Waals surface area contributed by atoms with E-state index in [9.17, 15) is 9.59 Å². The molecule has 316 valence electrons. The van der Waals surface area contributed by atoms with Gasteiger partial charge in [-0.25, -0.2) is 0 Å². The van der Waals surface area contributed by atoms with Crippen molar-refractivity contribution < 1.29 is 9.59 Å². The van der Waals surface area contributed by atoms with Crippen LogP contribution in [-0.4, -0.2) is 33.6 Å². The Labute approximate surface area is 347 Å². The number of allylic oxidation sites excluding steroid dienone is 4. The minimum absolute atomic E-state index is 0.186. The smallest absolute Gasteiger partial charge is 0.143 e. The molecule has 0 fully saturated rings. The van der Waals surface area contributed by atoms with Crippen LogP contribution in [0.2, 0.25) is 0 Å². The topological polar surface area (TPSA) is 34.1 Å². The lowest BCUT2D eigenvalue weighted by molar-refractivity contribution is -0.126. The van der Waals surface area contributed by atoms with Crippen LogP contribution in [0.3, 0.4) is 0 Å². The summed E-state index contributed by atoms with van der Waals surface area (Å²) in [6, 6.07) is 0. The van der Waals surface area contributed by atoms with Crippen LogP contribution < -0.4 is 0 Å². The summed E-state index contributed by atoms with van der Waals surface area (Å²) in [5.74, 6) is 3.27. The van der Waals surface area contributed by atoms with Crippen LogP contribution >= 0.6 is 23.5 Å². The Bertz CT molecular complexity index is 1070. The van der Waals surface area contributed by atoms with Gasteiger partial charge in [0.25, 0.3) is 0 Å². The lowest BCUT2D eigenvalue weighted by atomic mass is 9.68. The Balaban J connectivity index is 0.000000540. The van der Waals surface area contributed by atoms with Crippen LogP contribution in [0.1, 0.15) is 249 Å². The number of hydrogen-bond donors (Lipinski definition) is 0. The van der Waals surface area contributed by atoms with Gasteiger partial charge in [-0.2, -0.15) is 23.5 Å². The highest BCUT2D eigenvalue weighted by molar-refractivity contribution is 8.00. The molecular formula is C50H92O2S2. The van der Waals surface area contributed by atoms with Crippen molar-refractivity contribution in [3.8, 4) is 0 Å². The summed E-state index contributed by atoms with van der Waals surface area (Å²) in [7, 11) is 0. The van der Waals surface area contributed by atoms with Crippen LogP contribution in [0.4, 0.5) is 0 Å². The van der Waals surface area contributed by atoms with E-state index in [1.807, 2.05) is 11.8 Å². The summed E-state index contributed by atoms with van der Waals surface area (Å²) in [6.45, 7) is 22.2. The Kier molecular flexibility index (Phi) is 29.2. The third kappa shape index (κ3) is 20.8. The maximum Gasteiger partial charge on any atom is 0.143 e. The highest BCUT2D eigenvalue weighted by Crippen LogP contribution is 2.48. The highest BCUT2D eigenvalue weighted by Gasteiger charge is 2.39. The Morgan fingerprint density at radius 1 is 0.574 bits per heavy atom. The van der Waals surface area contributed by atoms with Crippen molar-refractivity contribution in [1.29, 1.82) is 0 Å². The van der Waals surface area contributed by atoms with E-state index in [0.29, 0.717) is 22.1 Å². The van der Waals surface area contributed by atoms with Gasteiger partial charge in [-0.1, -0.05) is 166 Å². The summed E-state index contributed by atoms with van der Waals surface area (Å²) in [6.07, 6.45) is 36.5. The number of thioether (sulfide) groups is 2. The van der Waals surface area contributed by atoms with Crippen molar-refractivity contribution >= 4 is 35.1 Å². The summed E-state index contributed by atoms with van der Waals surface area (Å²) in [4.78, 5) is 24.8. The Hall–Kier alpha value is -0.480. The lowest BCUT2D eigenvalue weighted by Crippen LogP contribution is -2.35. The molecule has 4 unspecified atom stereocenters. The summed E-state index contributed by atoms with van der Waals surface area (Å²) in [5.41, 5.74) is 5.96. The van der Waals surface area contributed by atoms with E-state index in [1.54, 1.807) is 18.1 Å². The van der Waals surface area contributed by atoms with Gasteiger partial charge in [0.15, 0.2) is 0 Å². The molecule has 0 saturated heterocycles. The fourth-order valence-corrected chi connectivity index (χ4v) is 11.6. The van der Waals surface area contributed by atoms with Gasteiger partial charge in [0, 0.05) is 34.2 Å². The van der Waals surface area contributed by atoms with Crippen LogP contribution in [0.15, 0.2) is 22.3 Å². The van der Waals surface area contributed by atoms with Crippen LogP contribution in [0, 0.1) is 10.8 Å². The molecule has 0 aromatic carbocycles. The zero-order valence-corrected chi connectivity index (χ0v) is 39.6. The second-order valence-corrected chi connectivity index (χ2v) is 21.1. The molecule has 0 spiro atoms. The molecule has 0 aromatic rings. The maximum absolute atomic E-state index is 12.9. The maximum atomic E-state index is 12.9. The molecular weight excluding hydrogens is 697 g/mol. The molecule has 2 aliphatic carbocycles. The first-order valence-corrected chi connectivity index (χ1v) is 25.5. The molecule has 4 atom stereocenters. The standard InChI is InChI=1S/2C25H46OS/c1-6-7-8-9-10-11-12-13-14-15-19-27-22(3)20-24(26)25(5)18-16-17-21(2)23(25)4;1-6-7-8-9-10-11-12-13-14-15-19-27-24(20-22(3)26)25(5)18-16-17-21(2)23(25)4/h22H,6-20H2,1-5H3;24H,6-20H2,1-5H3. The number of Topliss-reactive ketones (excluding diaryl/α,β-unsaturated/α-hetero) is 2. The number of ketones is 2. The zero-order chi connectivity index (χ0) is 40.2. The second-order valence-electron chi connectivity index (χ2n) is 18.2. The number of carbonyl (C=O) groups excluding carboxylic acids is 2. The predicted molar refractivity (Wildman–Crippen MR) is 247 cm³/mol. The van der Waals surface area contributed by atoms with Crippen molar-refractivity contribution in [1.82, 2.24) is 0 Å². The van der Waals surface area contributed by atoms with Crippen molar-refractivity contribution in [2.24, 2.45) is 10.8 Å². The fourth-order valence-electron chi connectivity index (χ4n) is 8.85. The van der Waals surface area contributed by atoms with Gasteiger partial charge in [-0.15, -0.1) is 0 Å². The molecule has 0 bridgehead atoms. The minimum Gasteiger partial charge on any atom is -0.300 e. The van der Waals surface area contributed by atoms with Gasteiger partial charge in [0.2, 0.25) is 0 Å². The van der Waals surface area contributed by atoms with E-state index in [0.717, 1.165) is 19.3 Å². The average Bonchev–Trinajstić information content (AvgIpc) is 3.13. The Morgan fingerprint density at radius 2 is 0.981 bits per heavy atom. The van der Waals surface area contributed by atoms with Gasteiger partial charge in [-0.05, 0) is 104 Å². The quantitative estimate of drug-likeness (QED) is 0.0536. The first-order chi connectivity index (χ1) is 25.8. The molecule has 2 aliphatic rings. The van der Waals surface area contributed by atoms with Crippen LogP contribution in [-0.2, 0) is 9.59 Å². The molecule has 0 N–H and O–H groups in total. The van der Waals surface area contributed by atoms with Gasteiger partial charge in [0.05, 0.1) is 0 Å². The van der Waals surface area contributed by atoms with Crippen molar-refractivity contribution in [2.45, 2.75) is 260 Å². The molecule has 0 saturated carbocycles. The number of carbonyl (C=O) groups is 2. The fraction of sp³-hybridized carbons (Fsp3) is 0.880. The zero-order valence-electron chi connectivity index (χ0n) is 38.0. The van der Waals surface area contributed by atoms with Gasteiger partial charge in [0.1, 0.15) is 11.6 Å². The molecule has 54 heavy (non-hydrogen) atoms. The van der Waals surface area contributed by atoms with Crippen molar-refractivity contribution in [3.63, 3.8) is 0 Å². The predicted octanol–water partition coefficient (Wildman–Crippen LogP) is 17.0. The highest BCUT2D eigenvalue weighted by atomic mass is 32.2. The van der Waals surface area contributed by atoms with Gasteiger partial charge in [-0.3, -0.25) is 9.59 Å². The average molecular weight is 789 g/mol. The SMILES string of the molecule is CCCCCCCCCCCCSC(C)CC(=O)C1(C)CCCC(C)=C1C.CCCCCCCCCCCCSC(CC(C)=O)C1(C)CCCC(C)=C1C. The second kappa shape index (κ2) is 30.6. The number of unbranched alkanes of at least 4 members (excludes halogenated alkanes) is 18. The first kappa shape index (κ1) is 51.5. The monoisotopic (exact) mass is 789 g/mol. The lowest BCUT2D eigenvalue weighted by Gasteiger charge is -2.42. The van der Waals surface area contributed by atoms with E-state index < -0.39 is 0 Å². The molecule has 0 heterocycles. The van der Waals surface area contributed by atoms with E-state index in [1.165, 1.54) is 183 Å². The Morgan fingerprint density at radius 3 is 1.44 bits per heavy atom. The molecule has 0 aliphatic heterocycles. The number of hydrogen-bond acceptors (Lipinski definition) is 4. The molecule has 0 aromatic heterocycles. The third-order valence-corrected chi connectivity index (χ3v) is 16.3. The van der Waals surface area contributed by atoms with E-state index in [4.69, 9.17) is 0 Å². The summed E-state index contributed by atoms with van der Waals surface area (Å²) < 4.78 is 0. The molecule has 2 rings (SSSR count). The summed E-state index contributed by atoms with van der Waals surface area (Å²) >= 11 is 4.09.